The molecule has 0 aromatic heterocycles. The third kappa shape index (κ3) is 12.2. The zero-order chi connectivity index (χ0) is 25.4. The molecular weight excluding hydrogens is 459 g/mol. The minimum atomic E-state index is 0. The van der Waals surface area contributed by atoms with Gasteiger partial charge in [0.1, 0.15) is 0 Å². The standard InChI is InChI=1S/C35H54.K/c1-6-10-11-12-13-15-22-32(20-8-3)30(5)21-18-26-35(25-9-4)28-31(19-7-2)27-34(29-35)33-23-16-14-17-24-33;/h8,14,16-17,20,23-24,31,34H,3,5-7,9-13,15,18-19,21,25-29H2,1-2,4H3;/q-2;+1/b20-8-;. The Morgan fingerprint density at radius 2 is 1.72 bits per heavy atom. The van der Waals surface area contributed by atoms with Crippen LogP contribution in [0.1, 0.15) is 135 Å². The molecule has 0 aliphatic heterocycles. The molecule has 0 spiro atoms. The molecule has 1 aromatic carbocycles. The fourth-order valence-corrected chi connectivity index (χ4v) is 6.64. The second-order valence-corrected chi connectivity index (χ2v) is 11.3. The maximum absolute atomic E-state index is 4.48. The van der Waals surface area contributed by atoms with Gasteiger partial charge in [-0.2, -0.15) is 12.2 Å². The van der Waals surface area contributed by atoms with Crippen molar-refractivity contribution in [2.24, 2.45) is 11.3 Å². The molecular formula is C35H54K-. The van der Waals surface area contributed by atoms with E-state index in [1.54, 1.807) is 5.56 Å². The second-order valence-electron chi connectivity index (χ2n) is 11.3. The van der Waals surface area contributed by atoms with Gasteiger partial charge in [0.15, 0.2) is 0 Å². The van der Waals surface area contributed by atoms with E-state index in [-0.39, 0.29) is 51.4 Å². The molecule has 1 saturated carbocycles. The summed E-state index contributed by atoms with van der Waals surface area (Å²) in [7, 11) is 0. The van der Waals surface area contributed by atoms with Gasteiger partial charge in [0.2, 0.25) is 0 Å². The van der Waals surface area contributed by atoms with Gasteiger partial charge < -0.3 is 0 Å². The minimum Gasteiger partial charge on any atom is -0.245 e. The fraction of sp³-hybridized carbons (Fsp3) is 0.629. The van der Waals surface area contributed by atoms with Gasteiger partial charge in [0, 0.05) is 0 Å². The summed E-state index contributed by atoms with van der Waals surface area (Å²) in [6.07, 6.45) is 28.5. The Balaban J connectivity index is 0.00000648. The summed E-state index contributed by atoms with van der Waals surface area (Å²) in [5.41, 5.74) is 4.51. The summed E-state index contributed by atoms with van der Waals surface area (Å²) in [4.78, 5) is 0. The smallest absolute Gasteiger partial charge is 0.245 e. The van der Waals surface area contributed by atoms with Crippen LogP contribution in [-0.2, 0) is 0 Å². The van der Waals surface area contributed by atoms with E-state index in [2.05, 4.69) is 76.8 Å². The Morgan fingerprint density at radius 3 is 2.39 bits per heavy atom. The maximum Gasteiger partial charge on any atom is 1.00 e. The molecule has 1 fully saturated rings. The van der Waals surface area contributed by atoms with Crippen LogP contribution >= 0.6 is 0 Å². The van der Waals surface area contributed by atoms with E-state index in [0.717, 1.165) is 24.7 Å². The van der Waals surface area contributed by atoms with E-state index in [4.69, 9.17) is 0 Å². The van der Waals surface area contributed by atoms with Crippen molar-refractivity contribution in [2.75, 3.05) is 0 Å². The molecule has 0 saturated heterocycles. The summed E-state index contributed by atoms with van der Waals surface area (Å²) in [6, 6.07) is 11.4. The first-order valence-electron chi connectivity index (χ1n) is 14.9. The van der Waals surface area contributed by atoms with Gasteiger partial charge in [0.25, 0.3) is 0 Å². The van der Waals surface area contributed by atoms with Gasteiger partial charge >= 0.3 is 51.4 Å². The first-order chi connectivity index (χ1) is 17.1. The molecule has 1 aromatic rings. The molecule has 0 N–H and O–H groups in total. The van der Waals surface area contributed by atoms with Crippen molar-refractivity contribution < 1.29 is 51.4 Å². The molecule has 0 heterocycles. The van der Waals surface area contributed by atoms with E-state index in [1.807, 2.05) is 6.08 Å². The van der Waals surface area contributed by atoms with E-state index in [1.165, 1.54) is 101 Å². The summed E-state index contributed by atoms with van der Waals surface area (Å²) in [5.74, 6) is 1.60. The van der Waals surface area contributed by atoms with Crippen molar-refractivity contribution in [1.82, 2.24) is 0 Å². The van der Waals surface area contributed by atoms with Crippen molar-refractivity contribution in [3.63, 3.8) is 0 Å². The Morgan fingerprint density at radius 1 is 0.972 bits per heavy atom. The van der Waals surface area contributed by atoms with Crippen LogP contribution in [0.3, 0.4) is 0 Å². The van der Waals surface area contributed by atoms with Crippen molar-refractivity contribution in [3.05, 3.63) is 78.8 Å². The molecule has 36 heavy (non-hydrogen) atoms. The van der Waals surface area contributed by atoms with Gasteiger partial charge in [-0.15, -0.1) is 0 Å². The molecule has 2 rings (SSSR count). The number of allylic oxidation sites excluding steroid dienone is 5. The van der Waals surface area contributed by atoms with Crippen molar-refractivity contribution in [2.45, 2.75) is 129 Å². The van der Waals surface area contributed by atoms with Crippen LogP contribution in [0.2, 0.25) is 0 Å². The third-order valence-corrected chi connectivity index (χ3v) is 8.21. The molecule has 3 atom stereocenters. The monoisotopic (exact) mass is 513 g/mol. The fourth-order valence-electron chi connectivity index (χ4n) is 6.64. The van der Waals surface area contributed by atoms with Gasteiger partial charge in [-0.05, 0) is 54.9 Å². The van der Waals surface area contributed by atoms with Crippen LogP contribution in [0, 0.1) is 24.3 Å². The predicted octanol–water partition coefficient (Wildman–Crippen LogP) is 8.37. The first kappa shape index (κ1) is 34.0. The molecule has 1 aliphatic rings. The average Bonchev–Trinajstić information content (AvgIpc) is 2.86. The molecule has 196 valence electrons. The van der Waals surface area contributed by atoms with Gasteiger partial charge in [-0.3, -0.25) is 0 Å². The summed E-state index contributed by atoms with van der Waals surface area (Å²) >= 11 is 0. The molecule has 0 nitrogen and oxygen atoms in total. The van der Waals surface area contributed by atoms with Gasteiger partial charge in [-0.25, -0.2) is 30.7 Å². The maximum atomic E-state index is 4.48. The van der Waals surface area contributed by atoms with Crippen molar-refractivity contribution >= 4 is 0 Å². The number of rotatable bonds is 17. The van der Waals surface area contributed by atoms with Crippen LogP contribution in [0.15, 0.2) is 60.2 Å². The molecule has 0 amide bonds. The summed E-state index contributed by atoms with van der Waals surface area (Å²) in [6.45, 7) is 15.5. The first-order valence-corrected chi connectivity index (χ1v) is 14.9. The topological polar surface area (TPSA) is 0 Å². The quantitative estimate of drug-likeness (QED) is 0.0849. The zero-order valence-corrected chi connectivity index (χ0v) is 27.5. The number of hydrogen-bond acceptors (Lipinski definition) is 0. The van der Waals surface area contributed by atoms with Crippen LogP contribution in [0.4, 0.5) is 0 Å². The van der Waals surface area contributed by atoms with E-state index in [9.17, 15) is 0 Å². The molecule has 3 unspecified atom stereocenters. The van der Waals surface area contributed by atoms with Crippen LogP contribution in [-0.4, -0.2) is 0 Å². The van der Waals surface area contributed by atoms with Crippen LogP contribution < -0.4 is 51.4 Å². The molecule has 0 radical (unpaired) electrons. The molecule has 1 heteroatoms. The van der Waals surface area contributed by atoms with E-state index < -0.39 is 0 Å². The number of unbranched alkanes of at least 4 members (excludes halogenated alkanes) is 5. The van der Waals surface area contributed by atoms with E-state index >= 15 is 0 Å². The zero-order valence-electron chi connectivity index (χ0n) is 24.4. The Kier molecular flexibility index (Phi) is 18.8. The number of hydrogen-bond donors (Lipinski definition) is 0. The number of benzene rings is 1. The largest absolute Gasteiger partial charge is 1.00 e. The summed E-state index contributed by atoms with van der Waals surface area (Å²) in [5, 5.41) is 0. The van der Waals surface area contributed by atoms with Crippen molar-refractivity contribution in [3.8, 4) is 0 Å². The predicted molar refractivity (Wildman–Crippen MR) is 156 cm³/mol. The Labute approximate surface area is 268 Å². The van der Waals surface area contributed by atoms with E-state index in [0.29, 0.717) is 5.41 Å². The summed E-state index contributed by atoms with van der Waals surface area (Å²) < 4.78 is 0. The Hall–Kier alpha value is -0.0536. The van der Waals surface area contributed by atoms with Crippen LogP contribution in [0.25, 0.3) is 0 Å². The van der Waals surface area contributed by atoms with Gasteiger partial charge in [-0.1, -0.05) is 122 Å². The normalized spacial score (nSPS) is 22.5. The third-order valence-electron chi connectivity index (χ3n) is 8.21. The minimum absolute atomic E-state index is 0. The van der Waals surface area contributed by atoms with Crippen LogP contribution in [0.5, 0.6) is 0 Å². The average molecular weight is 514 g/mol. The second kappa shape index (κ2) is 19.9. The molecule has 1 aliphatic carbocycles. The van der Waals surface area contributed by atoms with Crippen molar-refractivity contribution in [1.29, 1.82) is 0 Å². The Bertz CT molecular complexity index is 758. The van der Waals surface area contributed by atoms with Gasteiger partial charge in [0.05, 0.1) is 0 Å². The SMILES string of the molecule is C=C(CCCC1(CCC)CC(CCC)CC(c2ccccc2)C1)C(=[C-]CCCCCCC)/C=C\[CH2-].[K+]. The molecule has 0 bridgehead atoms.